The standard InChI is InChI=1S/C14H8F8N2O2/c15-7-5-9(23-3-1-11(25)13(17,18)19)10(6-8(7)16)24-4-2-12(26)14(20,21)22/h1-6,23-24H/b3-1+,4-2+. The van der Waals surface area contributed by atoms with Crippen LogP contribution in [0.1, 0.15) is 0 Å². The molecule has 0 radical (unpaired) electrons. The molecule has 0 aliphatic heterocycles. The second-order valence-corrected chi connectivity index (χ2v) is 4.49. The number of carbonyl (C=O) groups is 2. The Morgan fingerprint density at radius 1 is 0.731 bits per heavy atom. The molecule has 0 aliphatic rings. The Balaban J connectivity index is 2.97. The maximum Gasteiger partial charge on any atom is 0.454 e. The fraction of sp³-hybridized carbons (Fsp3) is 0.143. The zero-order valence-electron chi connectivity index (χ0n) is 12.3. The zero-order chi connectivity index (χ0) is 20.1. The molecular formula is C14H8F8N2O2. The molecule has 2 N–H and O–H groups in total. The first kappa shape index (κ1) is 21.1. The van der Waals surface area contributed by atoms with Crippen molar-refractivity contribution in [3.05, 3.63) is 48.3 Å². The largest absolute Gasteiger partial charge is 0.454 e. The molecule has 1 aromatic rings. The van der Waals surface area contributed by atoms with Crippen LogP contribution in [0.4, 0.5) is 46.5 Å². The number of rotatable bonds is 6. The van der Waals surface area contributed by atoms with Gasteiger partial charge in [0.2, 0.25) is 0 Å². The number of halogens is 8. The lowest BCUT2D eigenvalue weighted by molar-refractivity contribution is -0.165. The van der Waals surface area contributed by atoms with Gasteiger partial charge in [0.25, 0.3) is 11.6 Å². The maximum atomic E-state index is 13.2. The van der Waals surface area contributed by atoms with Gasteiger partial charge in [-0.2, -0.15) is 26.3 Å². The van der Waals surface area contributed by atoms with E-state index in [9.17, 15) is 44.7 Å². The van der Waals surface area contributed by atoms with Crippen molar-refractivity contribution in [2.45, 2.75) is 12.4 Å². The minimum atomic E-state index is -5.14. The molecule has 0 amide bonds. The summed E-state index contributed by atoms with van der Waals surface area (Å²) in [6, 6.07) is 0.943. The molecule has 1 rings (SSSR count). The Morgan fingerprint density at radius 3 is 1.31 bits per heavy atom. The Morgan fingerprint density at radius 2 is 1.04 bits per heavy atom. The Labute approximate surface area is 140 Å². The molecule has 0 fully saturated rings. The first-order valence-electron chi connectivity index (χ1n) is 6.40. The van der Waals surface area contributed by atoms with Crippen LogP contribution in [0.5, 0.6) is 0 Å². The van der Waals surface area contributed by atoms with Crippen molar-refractivity contribution in [2.24, 2.45) is 0 Å². The van der Waals surface area contributed by atoms with Gasteiger partial charge >= 0.3 is 12.4 Å². The minimum absolute atomic E-state index is 0.0636. The topological polar surface area (TPSA) is 58.2 Å². The third-order valence-corrected chi connectivity index (χ3v) is 2.57. The molecule has 12 heteroatoms. The van der Waals surface area contributed by atoms with Gasteiger partial charge in [-0.3, -0.25) is 9.59 Å². The summed E-state index contributed by atoms with van der Waals surface area (Å²) in [7, 11) is 0. The van der Waals surface area contributed by atoms with Crippen LogP contribution in [0.2, 0.25) is 0 Å². The lowest BCUT2D eigenvalue weighted by Gasteiger charge is -2.10. The average Bonchev–Trinajstić information content (AvgIpc) is 2.49. The van der Waals surface area contributed by atoms with Gasteiger partial charge in [0.05, 0.1) is 11.4 Å². The predicted molar refractivity (Wildman–Crippen MR) is 74.0 cm³/mol. The van der Waals surface area contributed by atoms with Crippen LogP contribution in [0.15, 0.2) is 36.7 Å². The maximum absolute atomic E-state index is 13.2. The highest BCUT2D eigenvalue weighted by atomic mass is 19.4. The van der Waals surface area contributed by atoms with Gasteiger partial charge in [-0.15, -0.1) is 0 Å². The molecule has 0 heterocycles. The molecule has 0 unspecified atom stereocenters. The zero-order valence-corrected chi connectivity index (χ0v) is 12.3. The Kier molecular flexibility index (Phi) is 6.48. The Bertz CT molecular complexity index is 688. The molecule has 0 saturated carbocycles. The van der Waals surface area contributed by atoms with Gasteiger partial charge in [0, 0.05) is 36.7 Å². The van der Waals surface area contributed by atoms with Crippen molar-refractivity contribution in [2.75, 3.05) is 10.6 Å². The molecule has 142 valence electrons. The van der Waals surface area contributed by atoms with E-state index in [0.29, 0.717) is 24.5 Å². The first-order valence-corrected chi connectivity index (χ1v) is 6.40. The van der Waals surface area contributed by atoms with Crippen molar-refractivity contribution < 1.29 is 44.7 Å². The summed E-state index contributed by atoms with van der Waals surface area (Å²) in [5.41, 5.74) is -0.835. The number of ketones is 2. The number of nitrogens with one attached hydrogen (secondary N) is 2. The van der Waals surface area contributed by atoms with E-state index < -0.39 is 46.9 Å². The highest BCUT2D eigenvalue weighted by Gasteiger charge is 2.36. The summed E-state index contributed by atoms with van der Waals surface area (Å²) in [6.45, 7) is 0. The third-order valence-electron chi connectivity index (χ3n) is 2.57. The van der Waals surface area contributed by atoms with Gasteiger partial charge in [0.15, 0.2) is 11.6 Å². The molecule has 0 saturated heterocycles. The van der Waals surface area contributed by atoms with Crippen LogP contribution in [-0.2, 0) is 9.59 Å². The third kappa shape index (κ3) is 6.18. The predicted octanol–water partition coefficient (Wildman–Crippen LogP) is 4.08. The quantitative estimate of drug-likeness (QED) is 0.570. The van der Waals surface area contributed by atoms with Crippen LogP contribution >= 0.6 is 0 Å². The van der Waals surface area contributed by atoms with Gasteiger partial charge in [0.1, 0.15) is 0 Å². The molecule has 26 heavy (non-hydrogen) atoms. The average molecular weight is 388 g/mol. The van der Waals surface area contributed by atoms with E-state index in [0.717, 1.165) is 0 Å². The fourth-order valence-corrected chi connectivity index (χ4v) is 1.39. The smallest absolute Gasteiger partial charge is 0.360 e. The van der Waals surface area contributed by atoms with Crippen molar-refractivity contribution >= 4 is 22.9 Å². The van der Waals surface area contributed by atoms with Crippen LogP contribution in [-0.4, -0.2) is 23.9 Å². The summed E-state index contributed by atoms with van der Waals surface area (Å²) in [5, 5.41) is 4.08. The summed E-state index contributed by atoms with van der Waals surface area (Å²) in [4.78, 5) is 21.3. The van der Waals surface area contributed by atoms with Crippen molar-refractivity contribution in [3.8, 4) is 0 Å². The van der Waals surface area contributed by atoms with Gasteiger partial charge in [-0.1, -0.05) is 0 Å². The van der Waals surface area contributed by atoms with Crippen molar-refractivity contribution in [1.82, 2.24) is 0 Å². The highest BCUT2D eigenvalue weighted by Crippen LogP contribution is 2.26. The van der Waals surface area contributed by atoms with Crippen LogP contribution in [0.3, 0.4) is 0 Å². The number of carbonyl (C=O) groups excluding carboxylic acids is 2. The highest BCUT2D eigenvalue weighted by molar-refractivity contribution is 5.95. The second-order valence-electron chi connectivity index (χ2n) is 4.49. The summed E-state index contributed by atoms with van der Waals surface area (Å²) >= 11 is 0. The van der Waals surface area contributed by atoms with Gasteiger partial charge in [-0.05, 0) is 0 Å². The molecule has 1 aromatic carbocycles. The molecular weight excluding hydrogens is 380 g/mol. The Hall–Kier alpha value is -2.92. The molecule has 4 nitrogen and oxygen atoms in total. The number of hydrogen-bond acceptors (Lipinski definition) is 4. The molecule has 0 spiro atoms. The van der Waals surface area contributed by atoms with Gasteiger partial charge < -0.3 is 10.6 Å². The number of benzene rings is 1. The molecule has 0 aromatic heterocycles. The molecule has 0 aliphatic carbocycles. The lowest BCUT2D eigenvalue weighted by atomic mass is 10.2. The summed E-state index contributed by atoms with van der Waals surface area (Å²) in [5.74, 6) is -7.33. The van der Waals surface area contributed by atoms with E-state index in [1.165, 1.54) is 0 Å². The number of anilines is 2. The minimum Gasteiger partial charge on any atom is -0.360 e. The lowest BCUT2D eigenvalue weighted by Crippen LogP contribution is -2.20. The second kappa shape index (κ2) is 7.97. The molecule has 0 bridgehead atoms. The van der Waals surface area contributed by atoms with Crippen LogP contribution in [0, 0.1) is 11.6 Å². The fourth-order valence-electron chi connectivity index (χ4n) is 1.39. The van der Waals surface area contributed by atoms with E-state index >= 15 is 0 Å². The number of hydrogen-bond donors (Lipinski definition) is 2. The normalized spacial score (nSPS) is 12.6. The van der Waals surface area contributed by atoms with Crippen molar-refractivity contribution in [3.63, 3.8) is 0 Å². The summed E-state index contributed by atoms with van der Waals surface area (Å²) in [6.07, 6.45) is -9.22. The van der Waals surface area contributed by atoms with E-state index in [1.54, 1.807) is 0 Å². The SMILES string of the molecule is O=C(/C=C/Nc1cc(F)c(F)cc1N/C=C/C(=O)C(F)(F)F)C(F)(F)F. The monoisotopic (exact) mass is 388 g/mol. The number of alkyl halides is 6. The molecule has 0 atom stereocenters. The van der Waals surface area contributed by atoms with E-state index in [4.69, 9.17) is 0 Å². The van der Waals surface area contributed by atoms with Crippen LogP contribution < -0.4 is 10.6 Å². The summed E-state index contributed by atoms with van der Waals surface area (Å²) < 4.78 is 98.6. The van der Waals surface area contributed by atoms with Crippen LogP contribution in [0.25, 0.3) is 0 Å². The number of allylic oxidation sites excluding steroid dienone is 2. The van der Waals surface area contributed by atoms with E-state index in [2.05, 4.69) is 0 Å². The van der Waals surface area contributed by atoms with E-state index in [1.807, 2.05) is 10.6 Å². The van der Waals surface area contributed by atoms with E-state index in [-0.39, 0.29) is 12.2 Å². The first-order chi connectivity index (χ1) is 11.8. The van der Waals surface area contributed by atoms with Crippen molar-refractivity contribution in [1.29, 1.82) is 0 Å². The van der Waals surface area contributed by atoms with Gasteiger partial charge in [-0.25, -0.2) is 8.78 Å².